The molecular formula is C13H14N8O2. The smallest absolute Gasteiger partial charge is 0.228 e. The van der Waals surface area contributed by atoms with E-state index in [1.165, 1.54) is 11.0 Å². The minimum Gasteiger partial charge on any atom is -0.356 e. The molecule has 118 valence electrons. The van der Waals surface area contributed by atoms with Gasteiger partial charge in [0, 0.05) is 25.6 Å². The third-order valence-corrected chi connectivity index (χ3v) is 2.98. The van der Waals surface area contributed by atoms with Crippen molar-refractivity contribution in [3.63, 3.8) is 0 Å². The van der Waals surface area contributed by atoms with Crippen molar-refractivity contribution < 1.29 is 9.32 Å². The maximum Gasteiger partial charge on any atom is 0.228 e. The normalized spacial score (nSPS) is 10.6. The van der Waals surface area contributed by atoms with Crippen LogP contribution in [0, 0.1) is 0 Å². The Morgan fingerprint density at radius 2 is 2.30 bits per heavy atom. The molecule has 10 heteroatoms. The lowest BCUT2D eigenvalue weighted by Gasteiger charge is -2.02. The number of pyridine rings is 1. The van der Waals surface area contributed by atoms with Crippen LogP contribution >= 0.6 is 0 Å². The lowest BCUT2D eigenvalue weighted by molar-refractivity contribution is -0.121. The summed E-state index contributed by atoms with van der Waals surface area (Å²) in [6.45, 7) is 0.849. The summed E-state index contributed by atoms with van der Waals surface area (Å²) >= 11 is 0. The Kier molecular flexibility index (Phi) is 4.62. The van der Waals surface area contributed by atoms with Gasteiger partial charge in [-0.15, -0.1) is 5.10 Å². The molecule has 0 aliphatic carbocycles. The molecule has 0 saturated carbocycles. The average molecular weight is 314 g/mol. The van der Waals surface area contributed by atoms with Crippen LogP contribution < -0.4 is 5.32 Å². The Morgan fingerprint density at radius 3 is 3.09 bits per heavy atom. The van der Waals surface area contributed by atoms with Crippen LogP contribution in [0.15, 0.2) is 35.2 Å². The molecule has 0 atom stereocenters. The predicted octanol–water partition coefficient (Wildman–Crippen LogP) is -0.133. The number of hydrogen-bond donors (Lipinski definition) is 1. The van der Waals surface area contributed by atoms with E-state index in [1.807, 2.05) is 12.1 Å². The van der Waals surface area contributed by atoms with E-state index >= 15 is 0 Å². The van der Waals surface area contributed by atoms with Gasteiger partial charge in [-0.25, -0.2) is 4.68 Å². The topological polar surface area (TPSA) is 125 Å². The van der Waals surface area contributed by atoms with E-state index in [-0.39, 0.29) is 5.91 Å². The number of nitrogens with one attached hydrogen (secondary N) is 1. The van der Waals surface area contributed by atoms with Crippen molar-refractivity contribution in [2.75, 3.05) is 6.54 Å². The first kappa shape index (κ1) is 14.8. The van der Waals surface area contributed by atoms with Crippen LogP contribution in [-0.4, -0.2) is 47.8 Å². The summed E-state index contributed by atoms with van der Waals surface area (Å²) < 4.78 is 6.63. The molecule has 3 aromatic rings. The van der Waals surface area contributed by atoms with E-state index < -0.39 is 0 Å². The summed E-state index contributed by atoms with van der Waals surface area (Å²) in [7, 11) is 0. The third kappa shape index (κ3) is 4.15. The van der Waals surface area contributed by atoms with E-state index in [1.54, 1.807) is 12.3 Å². The minimum absolute atomic E-state index is 0.0926. The Hall–Kier alpha value is -3.17. The maximum atomic E-state index is 11.7. The van der Waals surface area contributed by atoms with Crippen molar-refractivity contribution in [1.29, 1.82) is 0 Å². The molecule has 0 aliphatic rings. The van der Waals surface area contributed by atoms with Crippen molar-refractivity contribution in [3.05, 3.63) is 36.6 Å². The summed E-state index contributed by atoms with van der Waals surface area (Å²) in [4.78, 5) is 20.1. The number of carbonyl (C=O) groups excluding carboxylic acids is 1. The molecule has 0 aromatic carbocycles. The zero-order chi connectivity index (χ0) is 15.9. The summed E-state index contributed by atoms with van der Waals surface area (Å²) in [5.74, 6) is 0.794. The quantitative estimate of drug-likeness (QED) is 0.639. The monoisotopic (exact) mass is 314 g/mol. The number of aryl methyl sites for hydroxylation is 1. The van der Waals surface area contributed by atoms with Crippen molar-refractivity contribution in [2.45, 2.75) is 19.4 Å². The van der Waals surface area contributed by atoms with Crippen molar-refractivity contribution in [3.8, 4) is 11.5 Å². The molecule has 10 nitrogen and oxygen atoms in total. The fourth-order valence-electron chi connectivity index (χ4n) is 1.85. The summed E-state index contributed by atoms with van der Waals surface area (Å²) in [6.07, 6.45) is 3.88. The molecule has 3 heterocycles. The molecule has 1 amide bonds. The van der Waals surface area contributed by atoms with Crippen LogP contribution in [-0.2, 0) is 17.8 Å². The van der Waals surface area contributed by atoms with Crippen LogP contribution in [0.3, 0.4) is 0 Å². The second-order valence-corrected chi connectivity index (χ2v) is 4.65. The van der Waals surface area contributed by atoms with Crippen LogP contribution in [0.4, 0.5) is 0 Å². The predicted molar refractivity (Wildman–Crippen MR) is 76.7 cm³/mol. The molecule has 0 fully saturated rings. The minimum atomic E-state index is -0.0926. The summed E-state index contributed by atoms with van der Waals surface area (Å²) in [6, 6.07) is 5.47. The Balaban J connectivity index is 1.42. The van der Waals surface area contributed by atoms with Crippen LogP contribution in [0.1, 0.15) is 12.3 Å². The highest BCUT2D eigenvalue weighted by Gasteiger charge is 2.09. The number of hydrogen-bond acceptors (Lipinski definition) is 8. The standard InChI is InChI=1S/C13H14N8O2/c22-11(5-8-21-9-16-19-20-21)15-7-4-12-17-13(18-23-12)10-3-1-2-6-14-10/h1-3,6,9H,4-5,7-8H2,(H,15,22). The number of rotatable bonds is 7. The van der Waals surface area contributed by atoms with Gasteiger partial charge in [0.15, 0.2) is 0 Å². The highest BCUT2D eigenvalue weighted by atomic mass is 16.5. The second-order valence-electron chi connectivity index (χ2n) is 4.65. The molecule has 0 unspecified atom stereocenters. The molecule has 3 aromatic heterocycles. The fraction of sp³-hybridized carbons (Fsp3) is 0.308. The van der Waals surface area contributed by atoms with Gasteiger partial charge in [0.2, 0.25) is 17.6 Å². The van der Waals surface area contributed by atoms with E-state index in [0.29, 0.717) is 43.3 Å². The Labute approximate surface area is 130 Å². The van der Waals surface area contributed by atoms with E-state index in [4.69, 9.17) is 4.52 Å². The zero-order valence-electron chi connectivity index (χ0n) is 12.2. The van der Waals surface area contributed by atoms with Crippen LogP contribution in [0.25, 0.3) is 11.5 Å². The van der Waals surface area contributed by atoms with E-state index in [9.17, 15) is 4.79 Å². The number of amides is 1. The molecule has 3 rings (SSSR count). The number of aromatic nitrogens is 7. The lowest BCUT2D eigenvalue weighted by atomic mass is 10.3. The molecule has 0 aliphatic heterocycles. The fourth-order valence-corrected chi connectivity index (χ4v) is 1.85. The number of nitrogens with zero attached hydrogens (tertiary/aromatic N) is 7. The lowest BCUT2D eigenvalue weighted by Crippen LogP contribution is -2.26. The Morgan fingerprint density at radius 1 is 1.35 bits per heavy atom. The van der Waals surface area contributed by atoms with Crippen LogP contribution in [0.2, 0.25) is 0 Å². The van der Waals surface area contributed by atoms with Gasteiger partial charge in [0.1, 0.15) is 12.0 Å². The molecule has 0 saturated heterocycles. The van der Waals surface area contributed by atoms with Gasteiger partial charge in [-0.05, 0) is 22.6 Å². The highest BCUT2D eigenvalue weighted by molar-refractivity contribution is 5.75. The van der Waals surface area contributed by atoms with Gasteiger partial charge in [0.05, 0.1) is 6.54 Å². The molecular weight excluding hydrogens is 300 g/mol. The molecule has 23 heavy (non-hydrogen) atoms. The van der Waals surface area contributed by atoms with Crippen molar-refractivity contribution >= 4 is 5.91 Å². The molecule has 0 radical (unpaired) electrons. The largest absolute Gasteiger partial charge is 0.356 e. The summed E-state index contributed by atoms with van der Waals surface area (Å²) in [5, 5.41) is 17.3. The molecule has 0 spiro atoms. The summed E-state index contributed by atoms with van der Waals surface area (Å²) in [5.41, 5.74) is 0.646. The van der Waals surface area contributed by atoms with Gasteiger partial charge in [-0.1, -0.05) is 11.2 Å². The van der Waals surface area contributed by atoms with Crippen molar-refractivity contribution in [1.82, 2.24) is 40.6 Å². The first-order valence-corrected chi connectivity index (χ1v) is 7.03. The molecule has 0 bridgehead atoms. The van der Waals surface area contributed by atoms with Gasteiger partial charge in [-0.2, -0.15) is 4.98 Å². The van der Waals surface area contributed by atoms with Crippen LogP contribution in [0.5, 0.6) is 0 Å². The zero-order valence-corrected chi connectivity index (χ0v) is 12.2. The van der Waals surface area contributed by atoms with Crippen molar-refractivity contribution in [2.24, 2.45) is 0 Å². The van der Waals surface area contributed by atoms with Gasteiger partial charge < -0.3 is 9.84 Å². The van der Waals surface area contributed by atoms with Gasteiger partial charge in [-0.3, -0.25) is 9.78 Å². The Bertz CT molecular complexity index is 740. The van der Waals surface area contributed by atoms with E-state index in [0.717, 1.165) is 0 Å². The van der Waals surface area contributed by atoms with Gasteiger partial charge >= 0.3 is 0 Å². The maximum absolute atomic E-state index is 11.7. The number of tetrazole rings is 1. The molecule has 1 N–H and O–H groups in total. The second kappa shape index (κ2) is 7.20. The van der Waals surface area contributed by atoms with Gasteiger partial charge in [0.25, 0.3) is 0 Å². The first-order valence-electron chi connectivity index (χ1n) is 7.03. The van der Waals surface area contributed by atoms with E-state index in [2.05, 4.69) is 36.0 Å². The SMILES string of the molecule is O=C(CCn1cnnn1)NCCc1nc(-c2ccccn2)no1. The average Bonchev–Trinajstić information content (AvgIpc) is 3.26. The third-order valence-electron chi connectivity index (χ3n) is 2.98. The first-order chi connectivity index (χ1) is 11.3. The highest BCUT2D eigenvalue weighted by Crippen LogP contribution is 2.11. The number of carbonyl (C=O) groups is 1.